The van der Waals surface area contributed by atoms with Crippen LogP contribution in [0.1, 0.15) is 65.2 Å². The maximum Gasteiger partial charge on any atom is 0.303 e. The van der Waals surface area contributed by atoms with E-state index >= 15 is 0 Å². The molecule has 18 heavy (non-hydrogen) atoms. The van der Waals surface area contributed by atoms with Crippen LogP contribution in [0, 0.1) is 5.41 Å². The van der Waals surface area contributed by atoms with Gasteiger partial charge < -0.3 is 10.4 Å². The Morgan fingerprint density at radius 2 is 1.89 bits per heavy atom. The van der Waals surface area contributed by atoms with Crippen molar-refractivity contribution in [3.63, 3.8) is 0 Å². The molecule has 0 aliphatic heterocycles. The van der Waals surface area contributed by atoms with Crippen molar-refractivity contribution in [1.29, 1.82) is 0 Å². The molecule has 1 rings (SSSR count). The van der Waals surface area contributed by atoms with Gasteiger partial charge in [0.25, 0.3) is 0 Å². The molecular formula is C14H25NO3. The van der Waals surface area contributed by atoms with Gasteiger partial charge in [0, 0.05) is 17.9 Å². The summed E-state index contributed by atoms with van der Waals surface area (Å²) in [6.07, 6.45) is 6.98. The minimum Gasteiger partial charge on any atom is -0.481 e. The molecule has 0 bridgehead atoms. The zero-order chi connectivity index (χ0) is 13.6. The predicted octanol–water partition coefficient (Wildman–Crippen LogP) is 2.72. The van der Waals surface area contributed by atoms with E-state index in [1.807, 2.05) is 13.8 Å². The number of amides is 1. The highest BCUT2D eigenvalue weighted by Gasteiger charge is 2.34. The fraction of sp³-hybridized carbons (Fsp3) is 0.857. The van der Waals surface area contributed by atoms with Crippen molar-refractivity contribution < 1.29 is 14.7 Å². The number of hydrogen-bond acceptors (Lipinski definition) is 2. The van der Waals surface area contributed by atoms with Crippen molar-refractivity contribution in [1.82, 2.24) is 5.32 Å². The topological polar surface area (TPSA) is 66.4 Å². The zero-order valence-corrected chi connectivity index (χ0v) is 11.5. The molecule has 0 aromatic carbocycles. The smallest absolute Gasteiger partial charge is 0.303 e. The Bertz CT molecular complexity index is 295. The van der Waals surface area contributed by atoms with Crippen LogP contribution in [-0.2, 0) is 9.59 Å². The van der Waals surface area contributed by atoms with Gasteiger partial charge in [-0.2, -0.15) is 0 Å². The number of aliphatic carboxylic acids is 1. The Morgan fingerprint density at radius 3 is 2.44 bits per heavy atom. The minimum absolute atomic E-state index is 0.0654. The van der Waals surface area contributed by atoms with E-state index in [2.05, 4.69) is 5.32 Å². The Hall–Kier alpha value is -1.06. The van der Waals surface area contributed by atoms with Gasteiger partial charge in [0.15, 0.2) is 0 Å². The highest BCUT2D eigenvalue weighted by molar-refractivity contribution is 5.82. The third kappa shape index (κ3) is 4.67. The summed E-state index contributed by atoms with van der Waals surface area (Å²) < 4.78 is 0. The van der Waals surface area contributed by atoms with Crippen molar-refractivity contribution in [3.05, 3.63) is 0 Å². The summed E-state index contributed by atoms with van der Waals surface area (Å²) in [5.74, 6) is -0.627. The summed E-state index contributed by atoms with van der Waals surface area (Å²) in [6, 6.07) is 0.0654. The molecule has 0 spiro atoms. The number of hydrogen-bond donors (Lipinski definition) is 2. The molecule has 1 atom stereocenters. The first-order chi connectivity index (χ1) is 8.44. The molecule has 0 aromatic heterocycles. The van der Waals surface area contributed by atoms with E-state index in [0.29, 0.717) is 6.42 Å². The quantitative estimate of drug-likeness (QED) is 0.767. The lowest BCUT2D eigenvalue weighted by molar-refractivity contribution is -0.137. The molecule has 1 fully saturated rings. The average molecular weight is 255 g/mol. The number of carboxylic acids is 1. The Kier molecular flexibility index (Phi) is 5.63. The average Bonchev–Trinajstić information content (AvgIpc) is 2.29. The summed E-state index contributed by atoms with van der Waals surface area (Å²) in [5, 5.41) is 11.6. The molecule has 0 aromatic rings. The van der Waals surface area contributed by atoms with Gasteiger partial charge in [-0.25, -0.2) is 0 Å². The first kappa shape index (κ1) is 15.0. The van der Waals surface area contributed by atoms with Gasteiger partial charge in [-0.3, -0.25) is 9.59 Å². The predicted molar refractivity (Wildman–Crippen MR) is 70.3 cm³/mol. The lowest BCUT2D eigenvalue weighted by atomic mass is 9.75. The van der Waals surface area contributed by atoms with Crippen LogP contribution in [0.4, 0.5) is 0 Å². The molecule has 4 nitrogen and oxygen atoms in total. The number of carbonyl (C=O) groups is 2. The molecule has 0 radical (unpaired) electrons. The van der Waals surface area contributed by atoms with Crippen LogP contribution in [-0.4, -0.2) is 23.0 Å². The van der Waals surface area contributed by atoms with Crippen LogP contribution in [0.2, 0.25) is 0 Å². The van der Waals surface area contributed by atoms with Crippen LogP contribution in [0.5, 0.6) is 0 Å². The van der Waals surface area contributed by atoms with Crippen LogP contribution in [0.3, 0.4) is 0 Å². The van der Waals surface area contributed by atoms with E-state index in [-0.39, 0.29) is 23.8 Å². The third-order valence-electron chi connectivity index (χ3n) is 3.91. The summed E-state index contributed by atoms with van der Waals surface area (Å²) in [4.78, 5) is 22.6. The van der Waals surface area contributed by atoms with Crippen molar-refractivity contribution in [3.8, 4) is 0 Å². The molecule has 4 heteroatoms. The summed E-state index contributed by atoms with van der Waals surface area (Å²) >= 11 is 0. The van der Waals surface area contributed by atoms with Crippen LogP contribution < -0.4 is 5.32 Å². The third-order valence-corrected chi connectivity index (χ3v) is 3.91. The van der Waals surface area contributed by atoms with Gasteiger partial charge in [0.2, 0.25) is 5.91 Å². The molecule has 1 unspecified atom stereocenters. The lowest BCUT2D eigenvalue weighted by Crippen LogP contribution is -2.44. The van der Waals surface area contributed by atoms with E-state index in [9.17, 15) is 9.59 Å². The van der Waals surface area contributed by atoms with E-state index < -0.39 is 5.97 Å². The van der Waals surface area contributed by atoms with E-state index in [1.165, 1.54) is 6.42 Å². The van der Waals surface area contributed by atoms with Crippen molar-refractivity contribution in [2.45, 2.75) is 71.3 Å². The Balaban J connectivity index is 2.31. The number of rotatable bonds is 6. The molecule has 0 saturated heterocycles. The molecule has 1 saturated carbocycles. The van der Waals surface area contributed by atoms with Crippen molar-refractivity contribution in [2.75, 3.05) is 0 Å². The number of carboxylic acid groups (broad SMARTS) is 1. The second-order valence-electron chi connectivity index (χ2n) is 5.78. The van der Waals surface area contributed by atoms with Crippen LogP contribution in [0.15, 0.2) is 0 Å². The van der Waals surface area contributed by atoms with Gasteiger partial charge in [0.05, 0.1) is 0 Å². The van der Waals surface area contributed by atoms with Crippen LogP contribution >= 0.6 is 0 Å². The monoisotopic (exact) mass is 255 g/mol. The zero-order valence-electron chi connectivity index (χ0n) is 11.5. The maximum atomic E-state index is 12.2. The van der Waals surface area contributed by atoms with Gasteiger partial charge in [-0.05, 0) is 32.6 Å². The van der Waals surface area contributed by atoms with Gasteiger partial charge in [-0.15, -0.1) is 0 Å². The van der Waals surface area contributed by atoms with Crippen molar-refractivity contribution in [2.24, 2.45) is 5.41 Å². The maximum absolute atomic E-state index is 12.2. The molecule has 1 aliphatic carbocycles. The highest BCUT2D eigenvalue weighted by Crippen LogP contribution is 2.35. The Morgan fingerprint density at radius 1 is 1.28 bits per heavy atom. The van der Waals surface area contributed by atoms with E-state index in [1.54, 1.807) is 0 Å². The number of carbonyl (C=O) groups excluding carboxylic acids is 1. The standard InChI is InChI=1S/C14H25NO3/c1-11(7-6-8-12(16)17)15-13(18)14(2)9-4-3-5-10-14/h11H,3-10H2,1-2H3,(H,15,18)(H,16,17). The van der Waals surface area contributed by atoms with Gasteiger partial charge >= 0.3 is 5.97 Å². The van der Waals surface area contributed by atoms with Crippen LogP contribution in [0.25, 0.3) is 0 Å². The molecular weight excluding hydrogens is 230 g/mol. The first-order valence-corrected chi connectivity index (χ1v) is 6.97. The summed E-state index contributed by atoms with van der Waals surface area (Å²) in [5.41, 5.74) is -0.209. The van der Waals surface area contributed by atoms with E-state index in [4.69, 9.17) is 5.11 Å². The SMILES string of the molecule is CC(CCCC(=O)O)NC(=O)C1(C)CCCCC1. The summed E-state index contributed by atoms with van der Waals surface area (Å²) in [6.45, 7) is 4.00. The fourth-order valence-corrected chi connectivity index (χ4v) is 2.59. The van der Waals surface area contributed by atoms with Gasteiger partial charge in [0.1, 0.15) is 0 Å². The number of nitrogens with one attached hydrogen (secondary N) is 1. The fourth-order valence-electron chi connectivity index (χ4n) is 2.59. The van der Waals surface area contributed by atoms with Crippen molar-refractivity contribution >= 4 is 11.9 Å². The first-order valence-electron chi connectivity index (χ1n) is 6.97. The molecule has 2 N–H and O–H groups in total. The molecule has 104 valence electrons. The molecule has 1 aliphatic rings. The second kappa shape index (κ2) is 6.76. The molecule has 0 heterocycles. The Labute approximate surface area is 109 Å². The van der Waals surface area contributed by atoms with E-state index in [0.717, 1.165) is 32.1 Å². The highest BCUT2D eigenvalue weighted by atomic mass is 16.4. The largest absolute Gasteiger partial charge is 0.481 e. The normalized spacial score (nSPS) is 20.1. The second-order valence-corrected chi connectivity index (χ2v) is 5.78. The summed E-state index contributed by atoms with van der Waals surface area (Å²) in [7, 11) is 0. The molecule has 1 amide bonds. The van der Waals surface area contributed by atoms with Gasteiger partial charge in [-0.1, -0.05) is 26.2 Å². The minimum atomic E-state index is -0.771. The lowest BCUT2D eigenvalue weighted by Gasteiger charge is -2.33.